The molecule has 0 unspecified atom stereocenters. The number of hydrogen-bond acceptors (Lipinski definition) is 3. The maximum Gasteiger partial charge on any atom is 0.319 e. The van der Waals surface area contributed by atoms with E-state index in [1.54, 1.807) is 38.6 Å². The number of rotatable bonds is 5. The molecule has 0 saturated carbocycles. The summed E-state index contributed by atoms with van der Waals surface area (Å²) in [5.41, 5.74) is 1.52. The van der Waals surface area contributed by atoms with E-state index in [-0.39, 0.29) is 18.4 Å². The van der Waals surface area contributed by atoms with Crippen LogP contribution in [0.25, 0.3) is 0 Å². The Kier molecular flexibility index (Phi) is 5.68. The van der Waals surface area contributed by atoms with Gasteiger partial charge in [0.1, 0.15) is 0 Å². The average molecular weight is 312 g/mol. The SMILES string of the molecule is CN(C)C(=O)C[C@@H](NC(=O)Nc1ccncc1)c1ccccc1. The third-order valence-corrected chi connectivity index (χ3v) is 3.32. The predicted octanol–water partition coefficient (Wildman–Crippen LogP) is 2.42. The molecule has 0 aliphatic rings. The molecule has 23 heavy (non-hydrogen) atoms. The monoisotopic (exact) mass is 312 g/mol. The maximum absolute atomic E-state index is 12.2. The number of carbonyl (C=O) groups is 2. The first-order valence-electron chi connectivity index (χ1n) is 7.29. The fraction of sp³-hybridized carbons (Fsp3) is 0.235. The molecule has 0 bridgehead atoms. The van der Waals surface area contributed by atoms with Crippen LogP contribution < -0.4 is 10.6 Å². The Bertz CT molecular complexity index is 644. The largest absolute Gasteiger partial charge is 0.349 e. The van der Waals surface area contributed by atoms with Gasteiger partial charge in [0.05, 0.1) is 12.5 Å². The molecule has 6 nitrogen and oxygen atoms in total. The fourth-order valence-electron chi connectivity index (χ4n) is 2.06. The first kappa shape index (κ1) is 16.5. The van der Waals surface area contributed by atoms with Crippen molar-refractivity contribution >= 4 is 17.6 Å². The quantitative estimate of drug-likeness (QED) is 0.890. The van der Waals surface area contributed by atoms with E-state index in [9.17, 15) is 9.59 Å². The van der Waals surface area contributed by atoms with Crippen molar-refractivity contribution < 1.29 is 9.59 Å². The van der Waals surface area contributed by atoms with Gasteiger partial charge in [0, 0.05) is 32.2 Å². The Morgan fingerprint density at radius 1 is 1.09 bits per heavy atom. The summed E-state index contributed by atoms with van der Waals surface area (Å²) < 4.78 is 0. The predicted molar refractivity (Wildman–Crippen MR) is 88.9 cm³/mol. The third kappa shape index (κ3) is 5.10. The van der Waals surface area contributed by atoms with Crippen LogP contribution in [0.3, 0.4) is 0 Å². The fourth-order valence-corrected chi connectivity index (χ4v) is 2.06. The number of carbonyl (C=O) groups excluding carboxylic acids is 2. The molecule has 0 aliphatic heterocycles. The van der Waals surface area contributed by atoms with Crippen molar-refractivity contribution in [1.82, 2.24) is 15.2 Å². The molecular weight excluding hydrogens is 292 g/mol. The third-order valence-electron chi connectivity index (χ3n) is 3.32. The Balaban J connectivity index is 2.08. The number of amides is 3. The summed E-state index contributed by atoms with van der Waals surface area (Å²) >= 11 is 0. The topological polar surface area (TPSA) is 74.3 Å². The molecule has 0 radical (unpaired) electrons. The summed E-state index contributed by atoms with van der Waals surface area (Å²) in [6.07, 6.45) is 3.39. The van der Waals surface area contributed by atoms with E-state index in [0.717, 1.165) is 5.56 Å². The van der Waals surface area contributed by atoms with Gasteiger partial charge in [-0.3, -0.25) is 9.78 Å². The zero-order chi connectivity index (χ0) is 16.7. The lowest BCUT2D eigenvalue weighted by Crippen LogP contribution is -2.36. The lowest BCUT2D eigenvalue weighted by molar-refractivity contribution is -0.129. The van der Waals surface area contributed by atoms with Gasteiger partial charge in [-0.05, 0) is 17.7 Å². The van der Waals surface area contributed by atoms with Gasteiger partial charge >= 0.3 is 6.03 Å². The number of aromatic nitrogens is 1. The number of anilines is 1. The number of urea groups is 1. The van der Waals surface area contributed by atoms with Crippen LogP contribution in [0.15, 0.2) is 54.9 Å². The second-order valence-corrected chi connectivity index (χ2v) is 5.29. The molecule has 2 rings (SSSR count). The molecule has 6 heteroatoms. The van der Waals surface area contributed by atoms with Gasteiger partial charge in [-0.25, -0.2) is 4.79 Å². The molecule has 0 fully saturated rings. The second-order valence-electron chi connectivity index (χ2n) is 5.29. The van der Waals surface area contributed by atoms with Crippen LogP contribution in [-0.4, -0.2) is 35.9 Å². The molecule has 0 saturated heterocycles. The van der Waals surface area contributed by atoms with E-state index in [1.807, 2.05) is 30.3 Å². The summed E-state index contributed by atoms with van der Waals surface area (Å²) in [5, 5.41) is 5.58. The van der Waals surface area contributed by atoms with E-state index in [4.69, 9.17) is 0 Å². The first-order valence-corrected chi connectivity index (χ1v) is 7.29. The van der Waals surface area contributed by atoms with Crippen LogP contribution in [0.2, 0.25) is 0 Å². The molecule has 1 aromatic heterocycles. The van der Waals surface area contributed by atoms with E-state index in [1.165, 1.54) is 4.90 Å². The molecule has 1 aromatic carbocycles. The lowest BCUT2D eigenvalue weighted by Gasteiger charge is -2.21. The van der Waals surface area contributed by atoms with Crippen molar-refractivity contribution in [1.29, 1.82) is 0 Å². The summed E-state index contributed by atoms with van der Waals surface area (Å²) in [4.78, 5) is 29.6. The smallest absolute Gasteiger partial charge is 0.319 e. The van der Waals surface area contributed by atoms with Crippen LogP contribution in [0, 0.1) is 0 Å². The standard InChI is InChI=1S/C17H20N4O2/c1-21(2)16(22)12-15(13-6-4-3-5-7-13)20-17(23)19-14-8-10-18-11-9-14/h3-11,15H,12H2,1-2H3,(H2,18,19,20,23)/t15-/m1/s1. The van der Waals surface area contributed by atoms with Gasteiger partial charge in [0.15, 0.2) is 0 Å². The molecule has 3 amide bonds. The zero-order valence-electron chi connectivity index (χ0n) is 13.2. The van der Waals surface area contributed by atoms with Crippen molar-refractivity contribution in [2.45, 2.75) is 12.5 Å². The van der Waals surface area contributed by atoms with Crippen molar-refractivity contribution in [3.05, 3.63) is 60.4 Å². The molecule has 1 atom stereocenters. The van der Waals surface area contributed by atoms with E-state index < -0.39 is 6.04 Å². The molecule has 1 heterocycles. The minimum Gasteiger partial charge on any atom is -0.349 e. The minimum absolute atomic E-state index is 0.0527. The van der Waals surface area contributed by atoms with Crippen molar-refractivity contribution in [2.24, 2.45) is 0 Å². The average Bonchev–Trinajstić information content (AvgIpc) is 2.55. The Morgan fingerprint density at radius 2 is 1.74 bits per heavy atom. The summed E-state index contributed by atoms with van der Waals surface area (Å²) in [7, 11) is 3.39. The van der Waals surface area contributed by atoms with Crippen LogP contribution in [0.4, 0.5) is 10.5 Å². The second kappa shape index (κ2) is 7.93. The normalized spacial score (nSPS) is 11.4. The van der Waals surface area contributed by atoms with Gasteiger partial charge in [-0.15, -0.1) is 0 Å². The summed E-state index contributed by atoms with van der Waals surface area (Å²) in [6, 6.07) is 12.1. The lowest BCUT2D eigenvalue weighted by atomic mass is 10.0. The molecule has 120 valence electrons. The Morgan fingerprint density at radius 3 is 2.35 bits per heavy atom. The van der Waals surface area contributed by atoms with E-state index in [0.29, 0.717) is 5.69 Å². The van der Waals surface area contributed by atoms with Gasteiger partial charge in [0.2, 0.25) is 5.91 Å². The van der Waals surface area contributed by atoms with Crippen molar-refractivity contribution in [2.75, 3.05) is 19.4 Å². The number of hydrogen-bond donors (Lipinski definition) is 2. The van der Waals surface area contributed by atoms with Crippen molar-refractivity contribution in [3.8, 4) is 0 Å². The number of benzene rings is 1. The number of pyridine rings is 1. The highest BCUT2D eigenvalue weighted by Gasteiger charge is 2.19. The van der Waals surface area contributed by atoms with Crippen molar-refractivity contribution in [3.63, 3.8) is 0 Å². The Hall–Kier alpha value is -2.89. The highest BCUT2D eigenvalue weighted by molar-refractivity contribution is 5.90. The Labute approximate surface area is 135 Å². The first-order chi connectivity index (χ1) is 11.1. The number of nitrogens with one attached hydrogen (secondary N) is 2. The minimum atomic E-state index is -0.395. The molecule has 2 N–H and O–H groups in total. The van der Waals surface area contributed by atoms with Gasteiger partial charge < -0.3 is 15.5 Å². The zero-order valence-corrected chi connectivity index (χ0v) is 13.2. The van der Waals surface area contributed by atoms with Crippen LogP contribution >= 0.6 is 0 Å². The number of nitrogens with zero attached hydrogens (tertiary/aromatic N) is 2. The van der Waals surface area contributed by atoms with Crippen LogP contribution in [0.5, 0.6) is 0 Å². The van der Waals surface area contributed by atoms with Gasteiger partial charge in [-0.1, -0.05) is 30.3 Å². The molecule has 0 aliphatic carbocycles. The molecular formula is C17H20N4O2. The molecule has 2 aromatic rings. The summed E-state index contributed by atoms with van der Waals surface area (Å²) in [6.45, 7) is 0. The van der Waals surface area contributed by atoms with E-state index in [2.05, 4.69) is 15.6 Å². The highest BCUT2D eigenvalue weighted by atomic mass is 16.2. The van der Waals surface area contributed by atoms with Gasteiger partial charge in [-0.2, -0.15) is 0 Å². The maximum atomic E-state index is 12.2. The van der Waals surface area contributed by atoms with Crippen LogP contribution in [-0.2, 0) is 4.79 Å². The molecule has 0 spiro atoms. The summed E-state index contributed by atoms with van der Waals surface area (Å²) in [5.74, 6) is -0.0527. The van der Waals surface area contributed by atoms with Gasteiger partial charge in [0.25, 0.3) is 0 Å². The van der Waals surface area contributed by atoms with Crippen LogP contribution in [0.1, 0.15) is 18.0 Å². The van der Waals surface area contributed by atoms with E-state index >= 15 is 0 Å². The highest BCUT2D eigenvalue weighted by Crippen LogP contribution is 2.17.